The predicted molar refractivity (Wildman–Crippen MR) is 196 cm³/mol. The predicted octanol–water partition coefficient (Wildman–Crippen LogP) is 12.4. The van der Waals surface area contributed by atoms with Crippen molar-refractivity contribution < 1.29 is 0 Å². The van der Waals surface area contributed by atoms with Crippen LogP contribution in [0.25, 0.3) is 87.7 Å². The van der Waals surface area contributed by atoms with Crippen molar-refractivity contribution in [2.45, 2.75) is 0 Å². The van der Waals surface area contributed by atoms with Crippen molar-refractivity contribution in [3.05, 3.63) is 176 Å². The van der Waals surface area contributed by atoms with Gasteiger partial charge in [0.05, 0.1) is 5.69 Å². The Kier molecular flexibility index (Phi) is 6.21. The average molecular weight is 584 g/mol. The lowest BCUT2D eigenvalue weighted by Crippen LogP contribution is -1.92. The number of benzene rings is 8. The highest BCUT2D eigenvalue weighted by atomic mass is 14.7. The molecule has 1 nitrogen and oxygen atoms in total. The standard InChI is InChI=1S/C45H29N/c1-2-13-31(14-3-1)43-29-33(26-27-46-43)35-20-10-22-37-36(35)21-11-23-38(37)45-41-18-8-6-16-39(41)44(40-17-7-9-19-42(40)45)34-25-24-30-12-4-5-15-32(30)28-34/h1-29H. The fourth-order valence-electron chi connectivity index (χ4n) is 7.22. The second-order valence-corrected chi connectivity index (χ2v) is 11.9. The molecule has 0 atom stereocenters. The van der Waals surface area contributed by atoms with Gasteiger partial charge in [0.25, 0.3) is 0 Å². The first kappa shape index (κ1) is 26.4. The van der Waals surface area contributed by atoms with Crippen molar-refractivity contribution in [3.8, 4) is 44.6 Å². The Morgan fingerprint density at radius 1 is 0.304 bits per heavy atom. The fraction of sp³-hybridized carbons (Fsp3) is 0. The first-order valence-electron chi connectivity index (χ1n) is 15.8. The quantitative estimate of drug-likeness (QED) is 0.188. The van der Waals surface area contributed by atoms with E-state index >= 15 is 0 Å². The zero-order chi connectivity index (χ0) is 30.5. The Labute approximate surface area is 268 Å². The van der Waals surface area contributed by atoms with E-state index in [-0.39, 0.29) is 0 Å². The first-order chi connectivity index (χ1) is 22.8. The van der Waals surface area contributed by atoms with E-state index in [1.807, 2.05) is 12.3 Å². The van der Waals surface area contributed by atoms with Crippen molar-refractivity contribution in [2.75, 3.05) is 0 Å². The van der Waals surface area contributed by atoms with E-state index in [0.717, 1.165) is 16.8 Å². The van der Waals surface area contributed by atoms with Crippen molar-refractivity contribution in [3.63, 3.8) is 0 Å². The van der Waals surface area contributed by atoms with Crippen molar-refractivity contribution in [2.24, 2.45) is 0 Å². The molecule has 0 fully saturated rings. The number of hydrogen-bond acceptors (Lipinski definition) is 1. The molecular weight excluding hydrogens is 555 g/mol. The van der Waals surface area contributed by atoms with Crippen LogP contribution in [0.3, 0.4) is 0 Å². The molecule has 0 unspecified atom stereocenters. The van der Waals surface area contributed by atoms with Gasteiger partial charge in [0.15, 0.2) is 0 Å². The normalized spacial score (nSPS) is 11.5. The molecule has 0 aliphatic carbocycles. The maximum atomic E-state index is 4.70. The highest BCUT2D eigenvalue weighted by Gasteiger charge is 2.19. The first-order valence-corrected chi connectivity index (χ1v) is 15.8. The number of aromatic nitrogens is 1. The molecule has 9 rings (SSSR count). The monoisotopic (exact) mass is 583 g/mol. The third kappa shape index (κ3) is 4.29. The lowest BCUT2D eigenvalue weighted by molar-refractivity contribution is 1.33. The van der Waals surface area contributed by atoms with Crippen LogP contribution < -0.4 is 0 Å². The lowest BCUT2D eigenvalue weighted by Gasteiger charge is -2.19. The molecule has 0 saturated carbocycles. The van der Waals surface area contributed by atoms with Crippen LogP contribution in [0, 0.1) is 0 Å². The summed E-state index contributed by atoms with van der Waals surface area (Å²) >= 11 is 0. The summed E-state index contributed by atoms with van der Waals surface area (Å²) in [7, 11) is 0. The van der Waals surface area contributed by atoms with Crippen molar-refractivity contribution in [1.29, 1.82) is 0 Å². The smallest absolute Gasteiger partial charge is 0.0708 e. The number of rotatable bonds is 4. The van der Waals surface area contributed by atoms with E-state index in [0.29, 0.717) is 0 Å². The van der Waals surface area contributed by atoms with Gasteiger partial charge in [0.2, 0.25) is 0 Å². The highest BCUT2D eigenvalue weighted by Crippen LogP contribution is 2.46. The molecule has 0 saturated heterocycles. The zero-order valence-corrected chi connectivity index (χ0v) is 25.2. The second-order valence-electron chi connectivity index (χ2n) is 11.9. The van der Waals surface area contributed by atoms with Crippen LogP contribution in [0.4, 0.5) is 0 Å². The van der Waals surface area contributed by atoms with Gasteiger partial charge >= 0.3 is 0 Å². The summed E-state index contributed by atoms with van der Waals surface area (Å²) in [4.78, 5) is 4.70. The van der Waals surface area contributed by atoms with E-state index in [4.69, 9.17) is 4.98 Å². The van der Waals surface area contributed by atoms with Crippen LogP contribution in [-0.2, 0) is 0 Å². The minimum atomic E-state index is 0.979. The summed E-state index contributed by atoms with van der Waals surface area (Å²) in [6, 6.07) is 61.5. The van der Waals surface area contributed by atoms with Gasteiger partial charge in [-0.05, 0) is 94.7 Å². The third-order valence-corrected chi connectivity index (χ3v) is 9.30. The molecular formula is C45H29N. The van der Waals surface area contributed by atoms with E-state index in [1.54, 1.807) is 0 Å². The molecule has 46 heavy (non-hydrogen) atoms. The average Bonchev–Trinajstić information content (AvgIpc) is 3.13. The second kappa shape index (κ2) is 10.8. The summed E-state index contributed by atoms with van der Waals surface area (Å²) in [5.41, 5.74) is 9.52. The van der Waals surface area contributed by atoms with Crippen molar-refractivity contribution in [1.82, 2.24) is 4.98 Å². The van der Waals surface area contributed by atoms with Gasteiger partial charge in [-0.1, -0.05) is 152 Å². The van der Waals surface area contributed by atoms with Gasteiger partial charge in [-0.15, -0.1) is 0 Å². The van der Waals surface area contributed by atoms with E-state index < -0.39 is 0 Å². The Balaban J connectivity index is 1.31. The van der Waals surface area contributed by atoms with Crippen LogP contribution in [0.5, 0.6) is 0 Å². The number of nitrogens with zero attached hydrogens (tertiary/aromatic N) is 1. The maximum absolute atomic E-state index is 4.70. The Bertz CT molecular complexity index is 2520. The molecule has 0 radical (unpaired) electrons. The molecule has 9 aromatic rings. The van der Waals surface area contributed by atoms with Crippen LogP contribution in [-0.4, -0.2) is 4.98 Å². The summed E-state index contributed by atoms with van der Waals surface area (Å²) in [6.07, 6.45) is 1.92. The van der Waals surface area contributed by atoms with Crippen LogP contribution >= 0.6 is 0 Å². The highest BCUT2D eigenvalue weighted by molar-refractivity contribution is 6.24. The summed E-state index contributed by atoms with van der Waals surface area (Å²) in [5.74, 6) is 0. The van der Waals surface area contributed by atoms with E-state index in [2.05, 4.69) is 164 Å². The van der Waals surface area contributed by atoms with Crippen molar-refractivity contribution >= 4 is 43.1 Å². The molecule has 1 aromatic heterocycles. The van der Waals surface area contributed by atoms with E-state index in [1.165, 1.54) is 70.9 Å². The molecule has 0 amide bonds. The minimum Gasteiger partial charge on any atom is -0.256 e. The molecule has 0 aliphatic rings. The van der Waals surface area contributed by atoms with Gasteiger partial charge in [-0.25, -0.2) is 0 Å². The molecule has 1 heterocycles. The number of fused-ring (bicyclic) bond motifs is 4. The molecule has 0 N–H and O–H groups in total. The summed E-state index contributed by atoms with van der Waals surface area (Å²) in [6.45, 7) is 0. The van der Waals surface area contributed by atoms with Gasteiger partial charge in [-0.2, -0.15) is 0 Å². The fourth-order valence-corrected chi connectivity index (χ4v) is 7.22. The minimum absolute atomic E-state index is 0.979. The van der Waals surface area contributed by atoms with Gasteiger partial charge in [-0.3, -0.25) is 4.98 Å². The molecule has 214 valence electrons. The van der Waals surface area contributed by atoms with Crippen LogP contribution in [0.1, 0.15) is 0 Å². The molecule has 1 heteroatoms. The van der Waals surface area contributed by atoms with Crippen LogP contribution in [0.2, 0.25) is 0 Å². The van der Waals surface area contributed by atoms with E-state index in [9.17, 15) is 0 Å². The summed E-state index contributed by atoms with van der Waals surface area (Å²) < 4.78 is 0. The summed E-state index contributed by atoms with van der Waals surface area (Å²) in [5, 5.41) is 10.0. The van der Waals surface area contributed by atoms with Crippen LogP contribution in [0.15, 0.2) is 176 Å². The molecule has 0 aliphatic heterocycles. The molecule has 8 aromatic carbocycles. The van der Waals surface area contributed by atoms with Gasteiger partial charge in [0, 0.05) is 11.8 Å². The molecule has 0 spiro atoms. The number of pyridine rings is 1. The Hall–Kier alpha value is -6.05. The largest absolute Gasteiger partial charge is 0.256 e. The Morgan fingerprint density at radius 2 is 0.870 bits per heavy atom. The van der Waals surface area contributed by atoms with Gasteiger partial charge in [0.1, 0.15) is 0 Å². The Morgan fingerprint density at radius 3 is 1.59 bits per heavy atom. The van der Waals surface area contributed by atoms with Gasteiger partial charge < -0.3 is 0 Å². The zero-order valence-electron chi connectivity index (χ0n) is 25.2. The maximum Gasteiger partial charge on any atom is 0.0708 e. The SMILES string of the molecule is c1ccc(-c2cc(-c3cccc4c(-c5c6ccccc6c(-c6ccc7ccccc7c6)c6ccccc56)cccc34)ccn2)cc1. The topological polar surface area (TPSA) is 12.9 Å². The molecule has 0 bridgehead atoms. The third-order valence-electron chi connectivity index (χ3n) is 9.30. The number of hydrogen-bond donors (Lipinski definition) is 0. The lowest BCUT2D eigenvalue weighted by atomic mass is 9.84.